The van der Waals surface area contributed by atoms with Crippen molar-refractivity contribution in [2.24, 2.45) is 0 Å². The summed E-state index contributed by atoms with van der Waals surface area (Å²) in [4.78, 5) is 2.26. The average molecular weight is 204 g/mol. The van der Waals surface area contributed by atoms with Gasteiger partial charge in [0.05, 0.1) is 0 Å². The molecule has 1 heterocycles. The van der Waals surface area contributed by atoms with Crippen molar-refractivity contribution >= 4 is 29.1 Å². The minimum Gasteiger partial charge on any atom is -0.360 e. The molecule has 1 fully saturated rings. The fourth-order valence-electron chi connectivity index (χ4n) is 1.10. The van der Waals surface area contributed by atoms with E-state index in [4.69, 9.17) is 12.2 Å². The standard InChI is InChI=1S/C8H16N2S2/c1-7(2)9-8(11)10-3-5-12-6-4-10/h7H,3-6H2,1-2H3,(H,9,11). The highest BCUT2D eigenvalue weighted by Gasteiger charge is 2.13. The highest BCUT2D eigenvalue weighted by molar-refractivity contribution is 7.99. The molecule has 0 amide bonds. The predicted octanol–water partition coefficient (Wildman–Crippen LogP) is 1.32. The Bertz CT molecular complexity index is 153. The van der Waals surface area contributed by atoms with Crippen molar-refractivity contribution in [1.82, 2.24) is 10.2 Å². The third kappa shape index (κ3) is 3.19. The average Bonchev–Trinajstić information content (AvgIpc) is 2.05. The van der Waals surface area contributed by atoms with E-state index in [9.17, 15) is 0 Å². The van der Waals surface area contributed by atoms with Crippen molar-refractivity contribution in [1.29, 1.82) is 0 Å². The lowest BCUT2D eigenvalue weighted by molar-refractivity contribution is 0.447. The van der Waals surface area contributed by atoms with Crippen LogP contribution in [-0.4, -0.2) is 40.6 Å². The fourth-order valence-corrected chi connectivity index (χ4v) is 2.43. The predicted molar refractivity (Wildman–Crippen MR) is 59.8 cm³/mol. The summed E-state index contributed by atoms with van der Waals surface area (Å²) in [6.45, 7) is 6.43. The zero-order valence-electron chi connectivity index (χ0n) is 7.67. The molecule has 0 atom stereocenters. The van der Waals surface area contributed by atoms with Crippen molar-refractivity contribution in [3.63, 3.8) is 0 Å². The van der Waals surface area contributed by atoms with Gasteiger partial charge in [0.1, 0.15) is 0 Å². The number of hydrogen-bond donors (Lipinski definition) is 1. The Balaban J connectivity index is 2.30. The van der Waals surface area contributed by atoms with Crippen LogP contribution in [0, 0.1) is 0 Å². The van der Waals surface area contributed by atoms with E-state index in [2.05, 4.69) is 24.1 Å². The van der Waals surface area contributed by atoms with Crippen LogP contribution in [0.25, 0.3) is 0 Å². The molecule has 1 N–H and O–H groups in total. The van der Waals surface area contributed by atoms with E-state index in [1.165, 1.54) is 11.5 Å². The van der Waals surface area contributed by atoms with E-state index in [-0.39, 0.29) is 0 Å². The van der Waals surface area contributed by atoms with Gasteiger partial charge in [-0.3, -0.25) is 0 Å². The number of thiocarbonyl (C=S) groups is 1. The second-order valence-corrected chi connectivity index (χ2v) is 4.82. The summed E-state index contributed by atoms with van der Waals surface area (Å²) in [5.74, 6) is 2.42. The Morgan fingerprint density at radius 3 is 2.50 bits per heavy atom. The van der Waals surface area contributed by atoms with Crippen molar-refractivity contribution in [3.8, 4) is 0 Å². The van der Waals surface area contributed by atoms with E-state index in [1.54, 1.807) is 0 Å². The summed E-state index contributed by atoms with van der Waals surface area (Å²) in [6, 6.07) is 0.451. The molecule has 0 radical (unpaired) electrons. The van der Waals surface area contributed by atoms with Crippen LogP contribution in [0.3, 0.4) is 0 Å². The topological polar surface area (TPSA) is 15.3 Å². The minimum atomic E-state index is 0.451. The van der Waals surface area contributed by atoms with E-state index >= 15 is 0 Å². The largest absolute Gasteiger partial charge is 0.360 e. The third-order valence-electron chi connectivity index (χ3n) is 1.71. The summed E-state index contributed by atoms with van der Waals surface area (Å²) >= 11 is 7.26. The number of hydrogen-bond acceptors (Lipinski definition) is 2. The zero-order chi connectivity index (χ0) is 8.97. The molecule has 12 heavy (non-hydrogen) atoms. The zero-order valence-corrected chi connectivity index (χ0v) is 9.30. The first-order chi connectivity index (χ1) is 5.70. The Kier molecular flexibility index (Phi) is 4.15. The Labute approximate surface area is 84.1 Å². The molecule has 70 valence electrons. The molecule has 0 saturated carbocycles. The Morgan fingerprint density at radius 2 is 2.00 bits per heavy atom. The lowest BCUT2D eigenvalue weighted by Gasteiger charge is -2.30. The molecule has 4 heteroatoms. The van der Waals surface area contributed by atoms with Crippen molar-refractivity contribution in [2.75, 3.05) is 24.6 Å². The van der Waals surface area contributed by atoms with Crippen molar-refractivity contribution < 1.29 is 0 Å². The Morgan fingerprint density at radius 1 is 1.42 bits per heavy atom. The molecular weight excluding hydrogens is 188 g/mol. The van der Waals surface area contributed by atoms with Crippen LogP contribution >= 0.6 is 24.0 Å². The highest BCUT2D eigenvalue weighted by Crippen LogP contribution is 2.09. The van der Waals surface area contributed by atoms with Gasteiger partial charge in [-0.1, -0.05) is 0 Å². The quantitative estimate of drug-likeness (QED) is 0.648. The van der Waals surface area contributed by atoms with Gasteiger partial charge in [-0.2, -0.15) is 11.8 Å². The van der Waals surface area contributed by atoms with Gasteiger partial charge in [0.2, 0.25) is 0 Å². The summed E-state index contributed by atoms with van der Waals surface area (Å²) in [5, 5.41) is 4.18. The van der Waals surface area contributed by atoms with Gasteiger partial charge in [-0.05, 0) is 26.1 Å². The molecule has 1 rings (SSSR count). The number of thioether (sulfide) groups is 1. The molecule has 0 aromatic carbocycles. The molecule has 0 aromatic rings. The van der Waals surface area contributed by atoms with Gasteiger partial charge in [0.15, 0.2) is 5.11 Å². The van der Waals surface area contributed by atoms with Gasteiger partial charge in [-0.25, -0.2) is 0 Å². The summed E-state index contributed by atoms with van der Waals surface area (Å²) in [7, 11) is 0. The van der Waals surface area contributed by atoms with Crippen molar-refractivity contribution in [2.45, 2.75) is 19.9 Å². The minimum absolute atomic E-state index is 0.451. The van der Waals surface area contributed by atoms with Crippen LogP contribution in [0.2, 0.25) is 0 Å². The van der Waals surface area contributed by atoms with Gasteiger partial charge < -0.3 is 10.2 Å². The molecule has 0 unspecified atom stereocenters. The monoisotopic (exact) mass is 204 g/mol. The van der Waals surface area contributed by atoms with Crippen LogP contribution in [0.15, 0.2) is 0 Å². The van der Waals surface area contributed by atoms with Crippen LogP contribution in [0.4, 0.5) is 0 Å². The number of nitrogens with one attached hydrogen (secondary N) is 1. The normalized spacial score (nSPS) is 18.1. The summed E-state index contributed by atoms with van der Waals surface area (Å²) in [6.07, 6.45) is 0. The second-order valence-electron chi connectivity index (χ2n) is 3.20. The first kappa shape index (κ1) is 10.1. The second kappa shape index (κ2) is 4.92. The SMILES string of the molecule is CC(C)NC(=S)N1CCSCC1. The van der Waals surface area contributed by atoms with Crippen LogP contribution < -0.4 is 5.32 Å². The molecule has 0 spiro atoms. The molecule has 2 nitrogen and oxygen atoms in total. The Hall–Kier alpha value is 0.0400. The smallest absolute Gasteiger partial charge is 0.169 e. The molecule has 0 aromatic heterocycles. The highest BCUT2D eigenvalue weighted by atomic mass is 32.2. The maximum Gasteiger partial charge on any atom is 0.169 e. The third-order valence-corrected chi connectivity index (χ3v) is 3.03. The van der Waals surface area contributed by atoms with Gasteiger partial charge in [-0.15, -0.1) is 0 Å². The van der Waals surface area contributed by atoms with E-state index in [1.807, 2.05) is 11.8 Å². The van der Waals surface area contributed by atoms with Crippen LogP contribution in [0.1, 0.15) is 13.8 Å². The lowest BCUT2D eigenvalue weighted by atomic mass is 10.4. The molecule has 1 aliphatic rings. The van der Waals surface area contributed by atoms with E-state index < -0.39 is 0 Å². The number of nitrogens with zero attached hydrogens (tertiary/aromatic N) is 1. The number of rotatable bonds is 1. The van der Waals surface area contributed by atoms with Gasteiger partial charge in [0, 0.05) is 30.6 Å². The van der Waals surface area contributed by atoms with E-state index in [0.29, 0.717) is 6.04 Å². The first-order valence-electron chi connectivity index (χ1n) is 4.33. The molecular formula is C8H16N2S2. The maximum atomic E-state index is 5.26. The van der Waals surface area contributed by atoms with Crippen LogP contribution in [-0.2, 0) is 0 Å². The fraction of sp³-hybridized carbons (Fsp3) is 0.875. The molecule has 0 aliphatic carbocycles. The molecule has 1 aliphatic heterocycles. The first-order valence-corrected chi connectivity index (χ1v) is 5.89. The maximum absolute atomic E-state index is 5.26. The summed E-state index contributed by atoms with van der Waals surface area (Å²) < 4.78 is 0. The van der Waals surface area contributed by atoms with Gasteiger partial charge in [0.25, 0.3) is 0 Å². The van der Waals surface area contributed by atoms with Crippen LogP contribution in [0.5, 0.6) is 0 Å². The van der Waals surface area contributed by atoms with E-state index in [0.717, 1.165) is 18.2 Å². The van der Waals surface area contributed by atoms with Gasteiger partial charge >= 0.3 is 0 Å². The molecule has 0 bridgehead atoms. The lowest BCUT2D eigenvalue weighted by Crippen LogP contribution is -2.46. The van der Waals surface area contributed by atoms with Crippen molar-refractivity contribution in [3.05, 3.63) is 0 Å². The molecule has 1 saturated heterocycles. The summed E-state index contributed by atoms with van der Waals surface area (Å²) in [5.41, 5.74) is 0.